The second-order valence-corrected chi connectivity index (χ2v) is 6.39. The average Bonchev–Trinajstić information content (AvgIpc) is 2.65. The van der Waals surface area contributed by atoms with E-state index in [1.54, 1.807) is 0 Å². The molecular formula is C18H15ClF4N2O3. The van der Waals surface area contributed by atoms with Crippen molar-refractivity contribution >= 4 is 17.7 Å². The number of ether oxygens (including phenoxy) is 2. The first kappa shape index (κ1) is 20.2. The summed E-state index contributed by atoms with van der Waals surface area (Å²) in [5.41, 5.74) is 0.467. The zero-order valence-corrected chi connectivity index (χ0v) is 15.1. The molecule has 1 saturated heterocycles. The van der Waals surface area contributed by atoms with Gasteiger partial charge < -0.3 is 14.4 Å². The largest absolute Gasteiger partial charge is 0.449 e. The molecular weight excluding hydrogens is 404 g/mol. The molecule has 0 radical (unpaired) electrons. The minimum atomic E-state index is -3.06. The normalized spacial score (nSPS) is 14.5. The van der Waals surface area contributed by atoms with Crippen LogP contribution in [-0.4, -0.2) is 35.7 Å². The van der Waals surface area contributed by atoms with E-state index in [1.165, 1.54) is 35.4 Å². The highest BCUT2D eigenvalue weighted by atomic mass is 35.5. The van der Waals surface area contributed by atoms with Gasteiger partial charge in [0, 0.05) is 18.3 Å². The summed E-state index contributed by atoms with van der Waals surface area (Å²) in [6.07, 6.45) is -1.63. The maximum absolute atomic E-state index is 13.4. The van der Waals surface area contributed by atoms with Gasteiger partial charge in [0.1, 0.15) is 11.4 Å². The van der Waals surface area contributed by atoms with Gasteiger partial charge in [0.25, 0.3) is 6.43 Å². The molecule has 1 aliphatic heterocycles. The SMILES string of the molecule is O=C1OCCCN1Cc1cc(-c2ccc(Cl)c(OC(F)F)c2)cnc1C(F)F. The molecule has 0 unspecified atom stereocenters. The molecule has 1 aromatic heterocycles. The van der Waals surface area contributed by atoms with Gasteiger partial charge in [-0.1, -0.05) is 17.7 Å². The van der Waals surface area contributed by atoms with Gasteiger partial charge in [0.2, 0.25) is 0 Å². The van der Waals surface area contributed by atoms with E-state index < -0.39 is 24.8 Å². The number of pyridine rings is 1. The van der Waals surface area contributed by atoms with E-state index in [0.29, 0.717) is 24.1 Å². The van der Waals surface area contributed by atoms with Gasteiger partial charge >= 0.3 is 12.7 Å². The molecule has 0 bridgehead atoms. The van der Waals surface area contributed by atoms with Crippen LogP contribution in [0.1, 0.15) is 24.1 Å². The lowest BCUT2D eigenvalue weighted by Gasteiger charge is -2.27. The highest BCUT2D eigenvalue weighted by Crippen LogP contribution is 2.33. The first-order valence-corrected chi connectivity index (χ1v) is 8.66. The molecule has 2 heterocycles. The third-order valence-corrected chi connectivity index (χ3v) is 4.42. The maximum Gasteiger partial charge on any atom is 0.410 e. The van der Waals surface area contributed by atoms with Crippen LogP contribution in [0.15, 0.2) is 30.5 Å². The summed E-state index contributed by atoms with van der Waals surface area (Å²) < 4.78 is 61.0. The summed E-state index contributed by atoms with van der Waals surface area (Å²) in [4.78, 5) is 16.9. The van der Waals surface area contributed by atoms with Crippen LogP contribution in [0.3, 0.4) is 0 Å². The van der Waals surface area contributed by atoms with E-state index in [4.69, 9.17) is 16.3 Å². The van der Waals surface area contributed by atoms with Crippen molar-refractivity contribution in [2.24, 2.45) is 0 Å². The molecule has 10 heteroatoms. The molecule has 2 aromatic rings. The van der Waals surface area contributed by atoms with E-state index in [1.807, 2.05) is 0 Å². The predicted octanol–water partition coefficient (Wildman–Crippen LogP) is 5.28. The van der Waals surface area contributed by atoms with E-state index in [9.17, 15) is 22.4 Å². The van der Waals surface area contributed by atoms with Crippen LogP contribution in [0.4, 0.5) is 22.4 Å². The van der Waals surface area contributed by atoms with Crippen molar-refractivity contribution in [1.29, 1.82) is 0 Å². The fourth-order valence-electron chi connectivity index (χ4n) is 2.82. The lowest BCUT2D eigenvalue weighted by molar-refractivity contribution is -0.0497. The topological polar surface area (TPSA) is 51.7 Å². The molecule has 28 heavy (non-hydrogen) atoms. The lowest BCUT2D eigenvalue weighted by atomic mass is 10.0. The van der Waals surface area contributed by atoms with Crippen molar-refractivity contribution < 1.29 is 31.8 Å². The number of alkyl halides is 4. The van der Waals surface area contributed by atoms with E-state index in [0.717, 1.165) is 0 Å². The summed E-state index contributed by atoms with van der Waals surface area (Å²) in [6.45, 7) is -2.51. The number of amides is 1. The Morgan fingerprint density at radius 3 is 2.68 bits per heavy atom. The first-order chi connectivity index (χ1) is 13.3. The summed E-state index contributed by atoms with van der Waals surface area (Å²) in [5.74, 6) is -0.242. The Bertz CT molecular complexity index is 867. The van der Waals surface area contributed by atoms with Gasteiger partial charge in [-0.3, -0.25) is 4.98 Å². The molecule has 1 aliphatic rings. The summed E-state index contributed by atoms with van der Waals surface area (Å²) in [5, 5.41) is -0.0162. The first-order valence-electron chi connectivity index (χ1n) is 8.28. The van der Waals surface area contributed by atoms with Gasteiger partial charge in [-0.15, -0.1) is 0 Å². The lowest BCUT2D eigenvalue weighted by Crippen LogP contribution is -2.37. The van der Waals surface area contributed by atoms with Crippen LogP contribution in [-0.2, 0) is 11.3 Å². The number of halogens is 5. The molecule has 0 atom stereocenters. The van der Waals surface area contributed by atoms with Crippen LogP contribution in [0.25, 0.3) is 11.1 Å². The second kappa shape index (κ2) is 8.64. The van der Waals surface area contributed by atoms with Crippen LogP contribution in [0.2, 0.25) is 5.02 Å². The maximum atomic E-state index is 13.4. The average molecular weight is 419 g/mol. The number of aromatic nitrogens is 1. The Hall–Kier alpha value is -2.55. The second-order valence-electron chi connectivity index (χ2n) is 5.98. The number of benzene rings is 1. The van der Waals surface area contributed by atoms with E-state index in [2.05, 4.69) is 9.72 Å². The van der Waals surface area contributed by atoms with Crippen LogP contribution < -0.4 is 4.74 Å². The van der Waals surface area contributed by atoms with Crippen molar-refractivity contribution in [1.82, 2.24) is 9.88 Å². The number of cyclic esters (lactones) is 1. The number of rotatable bonds is 6. The summed E-state index contributed by atoms with van der Waals surface area (Å²) in [6, 6.07) is 5.59. The Kier molecular flexibility index (Phi) is 6.23. The zero-order chi connectivity index (χ0) is 20.3. The molecule has 150 valence electrons. The molecule has 1 fully saturated rings. The predicted molar refractivity (Wildman–Crippen MR) is 92.6 cm³/mol. The van der Waals surface area contributed by atoms with Crippen LogP contribution in [0.5, 0.6) is 5.75 Å². The fourth-order valence-corrected chi connectivity index (χ4v) is 2.98. The van der Waals surface area contributed by atoms with Gasteiger partial charge in [0.15, 0.2) is 0 Å². The van der Waals surface area contributed by atoms with E-state index >= 15 is 0 Å². The van der Waals surface area contributed by atoms with Crippen molar-refractivity contribution in [2.45, 2.75) is 26.0 Å². The number of nitrogens with zero attached hydrogens (tertiary/aromatic N) is 2. The smallest absolute Gasteiger partial charge is 0.410 e. The molecule has 0 spiro atoms. The van der Waals surface area contributed by atoms with Crippen molar-refractivity contribution in [3.05, 3.63) is 46.7 Å². The molecule has 0 aliphatic carbocycles. The quantitative estimate of drug-likeness (QED) is 0.599. The monoisotopic (exact) mass is 418 g/mol. The molecule has 0 saturated carbocycles. The van der Waals surface area contributed by atoms with Crippen LogP contribution in [0, 0.1) is 0 Å². The fraction of sp³-hybridized carbons (Fsp3) is 0.333. The number of hydrogen-bond acceptors (Lipinski definition) is 4. The van der Waals surface area contributed by atoms with Gasteiger partial charge in [0.05, 0.1) is 18.2 Å². The molecule has 0 N–H and O–H groups in total. The Labute approximate surface area is 162 Å². The minimum Gasteiger partial charge on any atom is -0.449 e. The highest BCUT2D eigenvalue weighted by molar-refractivity contribution is 6.32. The standard InChI is InChI=1S/C18H15ClF4N2O3/c19-13-3-2-10(7-14(13)28-17(22)23)11-6-12(15(16(20)21)24-8-11)9-25-4-1-5-27-18(25)26/h2-3,6-8,16-17H,1,4-5,9H2. The van der Waals surface area contributed by atoms with Crippen molar-refractivity contribution in [3.63, 3.8) is 0 Å². The third-order valence-electron chi connectivity index (χ3n) is 4.11. The van der Waals surface area contributed by atoms with Gasteiger partial charge in [-0.25, -0.2) is 13.6 Å². The number of hydrogen-bond donors (Lipinski definition) is 0. The van der Waals surface area contributed by atoms with Gasteiger partial charge in [-0.2, -0.15) is 8.78 Å². The molecule has 1 aromatic carbocycles. The minimum absolute atomic E-state index is 0.0162. The Balaban J connectivity index is 1.95. The van der Waals surface area contributed by atoms with E-state index in [-0.39, 0.29) is 29.5 Å². The molecule has 1 amide bonds. The van der Waals surface area contributed by atoms with Crippen molar-refractivity contribution in [3.8, 4) is 16.9 Å². The molecule has 3 rings (SSSR count). The van der Waals surface area contributed by atoms with Crippen LogP contribution >= 0.6 is 11.6 Å². The van der Waals surface area contributed by atoms with Gasteiger partial charge in [-0.05, 0) is 35.7 Å². The summed E-state index contributed by atoms with van der Waals surface area (Å²) in [7, 11) is 0. The zero-order valence-electron chi connectivity index (χ0n) is 14.4. The molecule has 5 nitrogen and oxygen atoms in total. The number of carbonyl (C=O) groups is 1. The highest BCUT2D eigenvalue weighted by Gasteiger charge is 2.24. The van der Waals surface area contributed by atoms with Crippen molar-refractivity contribution in [2.75, 3.05) is 13.2 Å². The third kappa shape index (κ3) is 4.64. The summed E-state index contributed by atoms with van der Waals surface area (Å²) >= 11 is 5.84. The Morgan fingerprint density at radius 2 is 2.00 bits per heavy atom. The number of carbonyl (C=O) groups excluding carboxylic acids is 1. The Morgan fingerprint density at radius 1 is 1.21 bits per heavy atom.